The van der Waals surface area contributed by atoms with E-state index in [1.165, 1.54) is 0 Å². The summed E-state index contributed by atoms with van der Waals surface area (Å²) >= 11 is 0. The van der Waals surface area contributed by atoms with Gasteiger partial charge in [-0.1, -0.05) is 346 Å². The molecule has 4 heterocycles. The van der Waals surface area contributed by atoms with Gasteiger partial charge in [-0.3, -0.25) is 4.90 Å². The van der Waals surface area contributed by atoms with Gasteiger partial charge in [0.05, 0.1) is 10.8 Å². The van der Waals surface area contributed by atoms with Crippen molar-refractivity contribution in [3.05, 3.63) is 449 Å². The highest BCUT2D eigenvalue weighted by atomic mass is 16.5. The smallest absolute Gasteiger partial charge is 0.164 e. The first-order valence-electron chi connectivity index (χ1n) is 36.8. The fourth-order valence-electron chi connectivity index (χ4n) is 16.8. The normalized spacial score (nSPS) is 16.7. The molecule has 514 valence electrons. The average molecular weight is 1390 g/mol. The Hall–Kier alpha value is -13.7. The number of aromatic nitrogens is 3. The molecule has 0 fully saturated rings. The number of nitrogens with one attached hydrogen (secondary N) is 1. The zero-order chi connectivity index (χ0) is 72.2. The van der Waals surface area contributed by atoms with Crippen molar-refractivity contribution in [2.24, 2.45) is 4.99 Å². The molecule has 0 radical (unpaired) electrons. The minimum absolute atomic E-state index is 0.260. The van der Waals surface area contributed by atoms with Gasteiger partial charge in [-0.25, -0.2) is 19.9 Å². The van der Waals surface area contributed by atoms with Crippen LogP contribution in [-0.2, 0) is 16.5 Å². The maximum Gasteiger partial charge on any atom is 0.164 e. The van der Waals surface area contributed by atoms with Crippen molar-refractivity contribution in [3.8, 4) is 102 Å². The Labute approximate surface area is 629 Å². The molecule has 16 aromatic rings. The van der Waals surface area contributed by atoms with Crippen molar-refractivity contribution < 1.29 is 9.47 Å². The summed E-state index contributed by atoms with van der Waals surface area (Å²) in [5, 5.41) is 3.98. The standard InChI is InChI=1S/C100H72N6O2/c1-98(105-96(71-35-13-5-14-36-71)104-97(106(98)2)72-37-15-6-16-38-72)84-47-22-21-45-82(84)68-57-61-81(62-58-68)100(79-43-19-8-20-44-79)87-50-25-28-54-91(87)108-92-83(46-30-51-88(92)100)77-65-75(67-55-59-80(60-56-67)99(78-41-17-7-18-42-78)85-48-23-26-52-89(85)107-90-53-27-24-49-86(90)99)64-76(66-77)73-39-29-40-74(63-73)95-102-93(69-31-9-3-10-32-69)101-94(103-95)70-33-11-4-12-34-70/h3-66,97H,1-2H3,(H,104,105). The van der Waals surface area contributed by atoms with Crippen LogP contribution in [0.25, 0.3) is 78.7 Å². The van der Waals surface area contributed by atoms with Crippen LogP contribution in [-0.4, -0.2) is 32.7 Å². The van der Waals surface area contributed by atoms with E-state index in [4.69, 9.17) is 29.4 Å². The molecule has 3 aliphatic rings. The minimum atomic E-state index is -0.858. The van der Waals surface area contributed by atoms with Gasteiger partial charge in [0.25, 0.3) is 0 Å². The molecule has 3 atom stereocenters. The van der Waals surface area contributed by atoms with E-state index >= 15 is 0 Å². The molecule has 0 saturated heterocycles. The zero-order valence-electron chi connectivity index (χ0n) is 59.6. The number of benzene rings is 15. The minimum Gasteiger partial charge on any atom is -0.457 e. The van der Waals surface area contributed by atoms with E-state index in [0.29, 0.717) is 17.5 Å². The lowest BCUT2D eigenvalue weighted by atomic mass is 9.63. The highest BCUT2D eigenvalue weighted by Gasteiger charge is 2.48. The molecule has 1 aromatic heterocycles. The number of ether oxygens (including phenoxy) is 2. The Morgan fingerprint density at radius 1 is 0.287 bits per heavy atom. The summed E-state index contributed by atoms with van der Waals surface area (Å²) in [5.41, 5.74) is 20.6. The van der Waals surface area contributed by atoms with Crippen LogP contribution in [0.15, 0.2) is 393 Å². The number of nitrogens with zero attached hydrogens (tertiary/aromatic N) is 5. The molecule has 19 rings (SSSR count). The van der Waals surface area contributed by atoms with E-state index in [1.54, 1.807) is 0 Å². The number of hydrogen-bond acceptors (Lipinski definition) is 8. The third-order valence-electron chi connectivity index (χ3n) is 22.1. The fraction of sp³-hybridized carbons (Fsp3) is 0.0600. The molecule has 3 aliphatic heterocycles. The number of rotatable bonds is 14. The molecular formula is C100H72N6O2. The maximum atomic E-state index is 7.54. The summed E-state index contributed by atoms with van der Waals surface area (Å²) in [6.45, 7) is 2.28. The third kappa shape index (κ3) is 11.1. The van der Waals surface area contributed by atoms with E-state index < -0.39 is 16.5 Å². The summed E-state index contributed by atoms with van der Waals surface area (Å²) in [5.74, 6) is 5.84. The van der Waals surface area contributed by atoms with Crippen molar-refractivity contribution in [2.45, 2.75) is 29.6 Å². The second-order valence-electron chi connectivity index (χ2n) is 28.2. The molecule has 0 saturated carbocycles. The molecule has 1 N–H and O–H groups in total. The van der Waals surface area contributed by atoms with Gasteiger partial charge >= 0.3 is 0 Å². The maximum absolute atomic E-state index is 7.54. The van der Waals surface area contributed by atoms with Crippen molar-refractivity contribution in [1.82, 2.24) is 25.2 Å². The molecule has 8 nitrogen and oxygen atoms in total. The highest BCUT2D eigenvalue weighted by Crippen LogP contribution is 2.59. The molecule has 15 aromatic carbocycles. The Bertz CT molecular complexity index is 5960. The van der Waals surface area contributed by atoms with Crippen molar-refractivity contribution in [1.29, 1.82) is 0 Å². The summed E-state index contributed by atoms with van der Waals surface area (Å²) in [7, 11) is 2.18. The number of aliphatic imine (C=N–C) groups is 1. The SMILES string of the molecule is CN1C(c2ccccc2)N=C(c2ccccc2)NC1(C)c1ccccc1-c1ccc(C2(c3ccccc3)c3ccccc3Oc3c(-c4cc(-c5ccc(C6(c7ccccc7)c7ccccc7Oc7ccccc76)cc5)cc(-c5cccc(-c6nc(-c7ccccc7)nc(-c7ccccc7)n6)c5)c4)cccc32)cc1. The van der Waals surface area contributed by atoms with Gasteiger partial charge < -0.3 is 14.8 Å². The van der Waals surface area contributed by atoms with Crippen LogP contribution in [0.1, 0.15) is 74.3 Å². The second kappa shape index (κ2) is 27.1. The lowest BCUT2D eigenvalue weighted by Crippen LogP contribution is -2.59. The van der Waals surface area contributed by atoms with Gasteiger partial charge in [0.1, 0.15) is 40.7 Å². The van der Waals surface area contributed by atoms with Crippen LogP contribution in [0, 0.1) is 0 Å². The van der Waals surface area contributed by atoms with Crippen LogP contribution >= 0.6 is 0 Å². The van der Waals surface area contributed by atoms with Gasteiger partial charge in [-0.05, 0) is 129 Å². The van der Waals surface area contributed by atoms with Crippen LogP contribution in [0.2, 0.25) is 0 Å². The molecule has 0 spiro atoms. The largest absolute Gasteiger partial charge is 0.457 e. The highest BCUT2D eigenvalue weighted by molar-refractivity contribution is 6.00. The zero-order valence-corrected chi connectivity index (χ0v) is 59.6. The monoisotopic (exact) mass is 1390 g/mol. The Morgan fingerprint density at radius 2 is 0.657 bits per heavy atom. The summed E-state index contributed by atoms with van der Waals surface area (Å²) in [4.78, 5) is 23.3. The van der Waals surface area contributed by atoms with Gasteiger partial charge in [0.2, 0.25) is 0 Å². The first-order valence-corrected chi connectivity index (χ1v) is 36.8. The van der Waals surface area contributed by atoms with Gasteiger partial charge in [0.15, 0.2) is 17.5 Å². The molecule has 108 heavy (non-hydrogen) atoms. The predicted molar refractivity (Wildman–Crippen MR) is 435 cm³/mol. The molecule has 8 heteroatoms. The van der Waals surface area contributed by atoms with Crippen LogP contribution in [0.3, 0.4) is 0 Å². The number of fused-ring (bicyclic) bond motifs is 4. The third-order valence-corrected chi connectivity index (χ3v) is 22.1. The van der Waals surface area contributed by atoms with Gasteiger partial charge in [-0.15, -0.1) is 0 Å². The summed E-state index contributed by atoms with van der Waals surface area (Å²) in [6.07, 6.45) is -0.260. The quantitative estimate of drug-likeness (QED) is 0.116. The van der Waals surface area contributed by atoms with Crippen molar-refractivity contribution in [2.75, 3.05) is 7.05 Å². The van der Waals surface area contributed by atoms with E-state index in [1.807, 2.05) is 60.7 Å². The number of hydrogen-bond donors (Lipinski definition) is 1. The number of para-hydroxylation sites is 4. The van der Waals surface area contributed by atoms with Crippen LogP contribution in [0.4, 0.5) is 0 Å². The molecule has 3 unspecified atom stereocenters. The van der Waals surface area contributed by atoms with Crippen LogP contribution in [0.5, 0.6) is 23.0 Å². The Kier molecular flexibility index (Phi) is 16.3. The Morgan fingerprint density at radius 3 is 1.21 bits per heavy atom. The van der Waals surface area contributed by atoms with Gasteiger partial charge in [-0.2, -0.15) is 0 Å². The Balaban J connectivity index is 0.779. The number of amidine groups is 1. The lowest BCUT2D eigenvalue weighted by Gasteiger charge is -2.48. The van der Waals surface area contributed by atoms with Gasteiger partial charge in [0, 0.05) is 50.1 Å². The molecule has 0 bridgehead atoms. The lowest BCUT2D eigenvalue weighted by molar-refractivity contribution is 0.0608. The van der Waals surface area contributed by atoms with Crippen molar-refractivity contribution in [3.63, 3.8) is 0 Å². The summed E-state index contributed by atoms with van der Waals surface area (Å²) in [6, 6.07) is 138. The summed E-state index contributed by atoms with van der Waals surface area (Å²) < 4.78 is 14.3. The van der Waals surface area contributed by atoms with E-state index in [0.717, 1.165) is 151 Å². The van der Waals surface area contributed by atoms with E-state index in [9.17, 15) is 0 Å². The second-order valence-corrected chi connectivity index (χ2v) is 28.2. The first-order chi connectivity index (χ1) is 53.3. The van der Waals surface area contributed by atoms with Crippen molar-refractivity contribution >= 4 is 5.84 Å². The molecule has 0 amide bonds. The van der Waals surface area contributed by atoms with E-state index in [2.05, 4.69) is 352 Å². The van der Waals surface area contributed by atoms with E-state index in [-0.39, 0.29) is 6.17 Å². The molecule has 0 aliphatic carbocycles. The topological polar surface area (TPSA) is 84.8 Å². The molecular weight excluding hydrogens is 1320 g/mol. The fourth-order valence-corrected chi connectivity index (χ4v) is 16.8. The predicted octanol–water partition coefficient (Wildman–Crippen LogP) is 23.4. The van der Waals surface area contributed by atoms with Crippen LogP contribution < -0.4 is 14.8 Å². The average Bonchev–Trinajstić information content (AvgIpc) is 0.707. The first kappa shape index (κ1) is 65.1.